The average molecular weight is 545 g/mol. The smallest absolute Gasteiger partial charge is 0.339 e. The van der Waals surface area contributed by atoms with Crippen LogP contribution in [0.1, 0.15) is 66.7 Å². The summed E-state index contributed by atoms with van der Waals surface area (Å²) in [5, 5.41) is 32.3. The van der Waals surface area contributed by atoms with Gasteiger partial charge in [0, 0.05) is 23.3 Å². The lowest BCUT2D eigenvalue weighted by Crippen LogP contribution is -2.56. The van der Waals surface area contributed by atoms with E-state index in [0.29, 0.717) is 23.6 Å². The van der Waals surface area contributed by atoms with Crippen molar-refractivity contribution < 1.29 is 34.4 Å². The Kier molecular flexibility index (Phi) is 5.92. The minimum absolute atomic E-state index is 0.0148. The summed E-state index contributed by atoms with van der Waals surface area (Å²) in [6.07, 6.45) is 7.28. The predicted octanol–water partition coefficient (Wildman–Crippen LogP) is 4.95. The molecule has 0 aromatic heterocycles. The number of carbonyl (C=O) groups is 3. The predicted molar refractivity (Wildman–Crippen MR) is 147 cm³/mol. The molecule has 40 heavy (non-hydrogen) atoms. The van der Waals surface area contributed by atoms with Crippen LogP contribution in [-0.4, -0.2) is 50.5 Å². The first-order chi connectivity index (χ1) is 19.0. The number of rotatable bonds is 6. The molecule has 2 aromatic carbocycles. The number of carboxylic acids is 1. The lowest BCUT2D eigenvalue weighted by atomic mass is 9.51. The molecule has 1 spiro atoms. The first kappa shape index (κ1) is 26.3. The highest BCUT2D eigenvalue weighted by atomic mass is 16.5. The van der Waals surface area contributed by atoms with E-state index in [9.17, 15) is 29.7 Å². The lowest BCUT2D eigenvalue weighted by molar-refractivity contribution is -0.145. The molecule has 2 saturated carbocycles. The molecule has 2 amide bonds. The number of carboxylic acid groups (broad SMARTS) is 1. The van der Waals surface area contributed by atoms with E-state index in [-0.39, 0.29) is 41.1 Å². The zero-order chi connectivity index (χ0) is 28.4. The molecule has 7 rings (SSSR count). The second-order valence-corrected chi connectivity index (χ2v) is 12.1. The molecule has 9 heteroatoms. The molecule has 9 nitrogen and oxygen atoms in total. The van der Waals surface area contributed by atoms with Gasteiger partial charge in [-0.2, -0.15) is 0 Å². The number of phenols is 2. The van der Waals surface area contributed by atoms with Crippen LogP contribution < -0.4 is 5.32 Å². The van der Waals surface area contributed by atoms with Gasteiger partial charge >= 0.3 is 5.97 Å². The number of phenolic OH excluding ortho intramolecular Hbond substituents is 1. The summed E-state index contributed by atoms with van der Waals surface area (Å²) in [4.78, 5) is 42.3. The van der Waals surface area contributed by atoms with Gasteiger partial charge in [0.05, 0.1) is 17.4 Å². The third kappa shape index (κ3) is 3.94. The zero-order valence-corrected chi connectivity index (χ0v) is 22.4. The van der Waals surface area contributed by atoms with Crippen molar-refractivity contribution in [3.63, 3.8) is 0 Å². The first-order valence-corrected chi connectivity index (χ1v) is 13.6. The van der Waals surface area contributed by atoms with Crippen LogP contribution in [0.15, 0.2) is 59.6 Å². The topological polar surface area (TPSA) is 146 Å². The van der Waals surface area contributed by atoms with Gasteiger partial charge in [-0.1, -0.05) is 31.2 Å². The van der Waals surface area contributed by atoms with Crippen LogP contribution in [0.25, 0.3) is 0 Å². The minimum atomic E-state index is -1.39. The van der Waals surface area contributed by atoms with Crippen molar-refractivity contribution in [3.05, 3.63) is 65.7 Å². The number of aliphatic imine (C=N–C) groups is 1. The third-order valence-corrected chi connectivity index (χ3v) is 9.71. The van der Waals surface area contributed by atoms with E-state index in [2.05, 4.69) is 23.3 Å². The van der Waals surface area contributed by atoms with E-state index in [4.69, 9.17) is 4.74 Å². The summed E-state index contributed by atoms with van der Waals surface area (Å²) >= 11 is 0. The van der Waals surface area contributed by atoms with Crippen molar-refractivity contribution in [2.24, 2.45) is 27.7 Å². The molecular weight excluding hydrogens is 512 g/mol. The number of hydrogen-bond donors (Lipinski definition) is 4. The quantitative estimate of drug-likeness (QED) is 0.377. The summed E-state index contributed by atoms with van der Waals surface area (Å²) in [5.41, 5.74) is -0.648. The first-order valence-electron chi connectivity index (χ1n) is 13.6. The van der Waals surface area contributed by atoms with Gasteiger partial charge in [0.2, 0.25) is 5.91 Å². The van der Waals surface area contributed by atoms with Crippen molar-refractivity contribution in [2.45, 2.75) is 57.7 Å². The van der Waals surface area contributed by atoms with E-state index >= 15 is 0 Å². The molecule has 4 fully saturated rings. The van der Waals surface area contributed by atoms with E-state index in [1.807, 2.05) is 19.1 Å². The maximum atomic E-state index is 13.2. The molecule has 2 aliphatic heterocycles. The molecule has 4 N–H and O–H groups in total. The molecule has 3 aliphatic carbocycles. The monoisotopic (exact) mass is 544 g/mol. The van der Waals surface area contributed by atoms with Crippen LogP contribution >= 0.6 is 0 Å². The van der Waals surface area contributed by atoms with Crippen molar-refractivity contribution >= 4 is 29.2 Å². The highest BCUT2D eigenvalue weighted by Crippen LogP contribution is 2.71. The van der Waals surface area contributed by atoms with E-state index in [0.717, 1.165) is 31.4 Å². The highest BCUT2D eigenvalue weighted by Gasteiger charge is 2.71. The number of nitrogens with one attached hydrogen (secondary N) is 1. The van der Waals surface area contributed by atoms with Gasteiger partial charge in [-0.15, -0.1) is 0 Å². The van der Waals surface area contributed by atoms with Crippen LogP contribution in [0, 0.1) is 22.7 Å². The Balaban J connectivity index is 1.32. The fourth-order valence-corrected chi connectivity index (χ4v) is 8.03. The lowest BCUT2D eigenvalue weighted by Gasteiger charge is -2.56. The molecule has 2 saturated heterocycles. The molecule has 5 aliphatic rings. The molecule has 208 valence electrons. The summed E-state index contributed by atoms with van der Waals surface area (Å²) in [6.45, 7) is 4.24. The number of aromatic hydroxyl groups is 2. The molecule has 2 heterocycles. The molecule has 2 aromatic rings. The van der Waals surface area contributed by atoms with Gasteiger partial charge in [0.15, 0.2) is 5.75 Å². The second-order valence-electron chi connectivity index (χ2n) is 12.1. The minimum Gasteiger partial charge on any atom is -0.506 e. The average Bonchev–Trinajstić information content (AvgIpc) is 3.28. The summed E-state index contributed by atoms with van der Waals surface area (Å²) < 4.78 is 6.61. The SMILES string of the molecule is C[C@]12C[C@@]34C=CC(=NC(=O)c5ccccc5)[C@@](C)(CCC(=O)Nc5c(O)ccc(C(=O)O)c5O)[C@@H]3[C@H](C[C@@H]1C4)O2. The van der Waals surface area contributed by atoms with Gasteiger partial charge in [-0.3, -0.25) is 9.59 Å². The zero-order valence-electron chi connectivity index (χ0n) is 22.4. The largest absolute Gasteiger partial charge is 0.506 e. The van der Waals surface area contributed by atoms with Crippen LogP contribution in [0.3, 0.4) is 0 Å². The Labute approximate surface area is 231 Å². The number of anilines is 1. The van der Waals surface area contributed by atoms with Crippen molar-refractivity contribution in [1.29, 1.82) is 0 Å². The third-order valence-electron chi connectivity index (χ3n) is 9.71. The number of benzene rings is 2. The Hall–Kier alpha value is -3.98. The fraction of sp³-hybridized carbons (Fsp3) is 0.419. The number of nitrogens with zero attached hydrogens (tertiary/aromatic N) is 1. The number of carbonyl (C=O) groups excluding carboxylic acids is 2. The molecule has 4 bridgehead atoms. The number of aromatic carboxylic acids is 1. The maximum Gasteiger partial charge on any atom is 0.339 e. The standard InChI is InChI=1S/C31H32N2O7/c1-29(12-11-23(35)33-24-20(34)9-8-19(25(24)36)28(38)39)22(32-27(37)17-6-4-3-5-7-17)10-13-31-15-18-14-21(26(29)31)40-30(18,2)16-31/h3-10,13,18,21,26,34,36H,11-12,14-16H2,1-2H3,(H,33,35)(H,38,39)/t18-,21+,26+,29-,30+,31+/m1/s1. The van der Waals surface area contributed by atoms with Crippen molar-refractivity contribution in [1.82, 2.24) is 0 Å². The van der Waals surface area contributed by atoms with E-state index in [1.165, 1.54) is 0 Å². The number of ether oxygens (including phenoxy) is 1. The Morgan fingerprint density at radius 3 is 2.55 bits per heavy atom. The Morgan fingerprint density at radius 1 is 1.10 bits per heavy atom. The fourth-order valence-electron chi connectivity index (χ4n) is 8.03. The van der Waals surface area contributed by atoms with Gasteiger partial charge in [0.25, 0.3) is 5.91 Å². The number of allylic oxidation sites excluding steroid dienone is 2. The second kappa shape index (κ2) is 9.02. The van der Waals surface area contributed by atoms with Gasteiger partial charge in [-0.05, 0) is 74.3 Å². The number of amides is 2. The van der Waals surface area contributed by atoms with Gasteiger partial charge < -0.3 is 25.4 Å². The van der Waals surface area contributed by atoms with Crippen LogP contribution in [0.4, 0.5) is 5.69 Å². The van der Waals surface area contributed by atoms with Crippen molar-refractivity contribution in [2.75, 3.05) is 5.32 Å². The highest BCUT2D eigenvalue weighted by molar-refractivity contribution is 6.11. The summed E-state index contributed by atoms with van der Waals surface area (Å²) in [6, 6.07) is 11.0. The maximum absolute atomic E-state index is 13.2. The Bertz CT molecular complexity index is 1480. The van der Waals surface area contributed by atoms with E-state index < -0.39 is 34.4 Å². The summed E-state index contributed by atoms with van der Waals surface area (Å²) in [5.74, 6) is -2.91. The van der Waals surface area contributed by atoms with E-state index in [1.54, 1.807) is 24.3 Å². The Morgan fingerprint density at radius 2 is 1.85 bits per heavy atom. The molecule has 0 unspecified atom stereocenters. The van der Waals surface area contributed by atoms with Crippen LogP contribution in [0.5, 0.6) is 11.5 Å². The van der Waals surface area contributed by atoms with Gasteiger partial charge in [0.1, 0.15) is 17.0 Å². The summed E-state index contributed by atoms with van der Waals surface area (Å²) in [7, 11) is 0. The molecule has 0 radical (unpaired) electrons. The van der Waals surface area contributed by atoms with Crippen LogP contribution in [-0.2, 0) is 9.53 Å². The van der Waals surface area contributed by atoms with Crippen LogP contribution in [0.2, 0.25) is 0 Å². The van der Waals surface area contributed by atoms with Gasteiger partial charge in [-0.25, -0.2) is 9.79 Å². The molecule has 6 atom stereocenters. The number of hydrogen-bond acceptors (Lipinski definition) is 6. The van der Waals surface area contributed by atoms with Crippen molar-refractivity contribution in [3.8, 4) is 11.5 Å². The molecular formula is C31H32N2O7. The normalized spacial score (nSPS) is 34.1.